The zero-order chi connectivity index (χ0) is 13.0. The van der Waals surface area contributed by atoms with Gasteiger partial charge in [-0.05, 0) is 37.1 Å². The highest BCUT2D eigenvalue weighted by atomic mass is 16.5. The van der Waals surface area contributed by atoms with Crippen LogP contribution in [-0.2, 0) is 6.54 Å². The highest BCUT2D eigenvalue weighted by Crippen LogP contribution is 2.28. The monoisotopic (exact) mass is 251 g/mol. The predicted molar refractivity (Wildman–Crippen MR) is 70.1 cm³/mol. The summed E-state index contributed by atoms with van der Waals surface area (Å²) in [7, 11) is 3.28. The van der Waals surface area contributed by atoms with Crippen molar-refractivity contribution in [1.29, 1.82) is 0 Å². The van der Waals surface area contributed by atoms with E-state index in [0.717, 1.165) is 44.0 Å². The summed E-state index contributed by atoms with van der Waals surface area (Å²) >= 11 is 0. The summed E-state index contributed by atoms with van der Waals surface area (Å²) in [6.45, 7) is 2.65. The standard InChI is InChI=1S/C14H21NO3/c1-17-13-6-5-11(8-14(13)18-2)9-15-7-3-4-12(16)10-15/h5-6,8,12,16H,3-4,7,9-10H2,1-2H3. The minimum Gasteiger partial charge on any atom is -0.493 e. The quantitative estimate of drug-likeness (QED) is 0.883. The largest absolute Gasteiger partial charge is 0.493 e. The van der Waals surface area contributed by atoms with E-state index in [4.69, 9.17) is 9.47 Å². The van der Waals surface area contributed by atoms with Gasteiger partial charge in [0, 0.05) is 13.1 Å². The van der Waals surface area contributed by atoms with Gasteiger partial charge in [-0.3, -0.25) is 4.90 Å². The van der Waals surface area contributed by atoms with Gasteiger partial charge in [0.15, 0.2) is 11.5 Å². The molecule has 0 bridgehead atoms. The topological polar surface area (TPSA) is 41.9 Å². The van der Waals surface area contributed by atoms with E-state index < -0.39 is 0 Å². The van der Waals surface area contributed by atoms with E-state index in [-0.39, 0.29) is 6.10 Å². The first-order valence-electron chi connectivity index (χ1n) is 6.34. The van der Waals surface area contributed by atoms with E-state index in [9.17, 15) is 5.11 Å². The van der Waals surface area contributed by atoms with Gasteiger partial charge < -0.3 is 14.6 Å². The molecule has 1 aliphatic heterocycles. The molecule has 1 atom stereocenters. The molecule has 0 saturated carbocycles. The van der Waals surface area contributed by atoms with Crippen LogP contribution in [0.5, 0.6) is 11.5 Å². The van der Waals surface area contributed by atoms with Crippen molar-refractivity contribution in [2.45, 2.75) is 25.5 Å². The van der Waals surface area contributed by atoms with E-state index in [2.05, 4.69) is 4.90 Å². The number of aliphatic hydroxyl groups excluding tert-OH is 1. The number of rotatable bonds is 4. The molecule has 1 heterocycles. The van der Waals surface area contributed by atoms with Crippen LogP contribution in [0.15, 0.2) is 18.2 Å². The van der Waals surface area contributed by atoms with Crippen molar-refractivity contribution >= 4 is 0 Å². The number of piperidine rings is 1. The van der Waals surface area contributed by atoms with Crippen molar-refractivity contribution in [2.75, 3.05) is 27.3 Å². The molecule has 1 fully saturated rings. The Morgan fingerprint density at radius 1 is 1.28 bits per heavy atom. The van der Waals surface area contributed by atoms with Crippen LogP contribution in [0.1, 0.15) is 18.4 Å². The number of nitrogens with zero attached hydrogens (tertiary/aromatic N) is 1. The minimum absolute atomic E-state index is 0.182. The summed E-state index contributed by atoms with van der Waals surface area (Å²) in [6, 6.07) is 5.97. The number of aliphatic hydroxyl groups is 1. The third kappa shape index (κ3) is 3.15. The first-order valence-corrected chi connectivity index (χ1v) is 6.34. The minimum atomic E-state index is -0.182. The highest BCUT2D eigenvalue weighted by molar-refractivity contribution is 5.42. The van der Waals surface area contributed by atoms with Crippen molar-refractivity contribution in [3.63, 3.8) is 0 Å². The summed E-state index contributed by atoms with van der Waals surface area (Å²) in [6.07, 6.45) is 1.80. The molecule has 0 aromatic heterocycles. The Balaban J connectivity index is 2.04. The Morgan fingerprint density at radius 2 is 2.06 bits per heavy atom. The first kappa shape index (κ1) is 13.2. The number of benzene rings is 1. The second-order valence-electron chi connectivity index (χ2n) is 4.72. The molecule has 1 N–H and O–H groups in total. The van der Waals surface area contributed by atoms with E-state index in [1.807, 2.05) is 18.2 Å². The fourth-order valence-corrected chi connectivity index (χ4v) is 2.41. The van der Waals surface area contributed by atoms with Gasteiger partial charge in [-0.2, -0.15) is 0 Å². The molecule has 4 heteroatoms. The summed E-state index contributed by atoms with van der Waals surface area (Å²) < 4.78 is 10.5. The van der Waals surface area contributed by atoms with E-state index in [0.29, 0.717) is 0 Å². The average Bonchev–Trinajstić information content (AvgIpc) is 2.38. The number of hydrogen-bond donors (Lipinski definition) is 1. The average molecular weight is 251 g/mol. The molecule has 0 radical (unpaired) electrons. The van der Waals surface area contributed by atoms with Gasteiger partial charge in [0.1, 0.15) is 0 Å². The van der Waals surface area contributed by atoms with Crippen LogP contribution in [0.2, 0.25) is 0 Å². The molecule has 4 nitrogen and oxygen atoms in total. The Hall–Kier alpha value is -1.26. The number of β-amino-alcohol motifs (C(OH)–C–C–N with tert-alkyl or cyclic N) is 1. The zero-order valence-corrected chi connectivity index (χ0v) is 11.1. The summed E-state index contributed by atoms with van der Waals surface area (Å²) in [5.74, 6) is 1.51. The van der Waals surface area contributed by atoms with E-state index in [1.165, 1.54) is 5.56 Å². The van der Waals surface area contributed by atoms with Gasteiger partial charge in [-0.15, -0.1) is 0 Å². The Labute approximate surface area is 108 Å². The van der Waals surface area contributed by atoms with Gasteiger partial charge in [0.05, 0.1) is 20.3 Å². The third-order valence-electron chi connectivity index (χ3n) is 3.33. The maximum absolute atomic E-state index is 9.65. The fourth-order valence-electron chi connectivity index (χ4n) is 2.41. The van der Waals surface area contributed by atoms with Crippen LogP contribution in [0.3, 0.4) is 0 Å². The normalized spacial score (nSPS) is 20.7. The van der Waals surface area contributed by atoms with Crippen LogP contribution in [0.4, 0.5) is 0 Å². The number of ether oxygens (including phenoxy) is 2. The Bertz CT molecular complexity index is 395. The van der Waals surface area contributed by atoms with Crippen molar-refractivity contribution < 1.29 is 14.6 Å². The molecule has 0 amide bonds. The SMILES string of the molecule is COc1ccc(CN2CCCC(O)C2)cc1OC. The molecule has 100 valence electrons. The lowest BCUT2D eigenvalue weighted by molar-refractivity contribution is 0.0668. The molecule has 1 aliphatic rings. The summed E-state index contributed by atoms with van der Waals surface area (Å²) in [5.41, 5.74) is 1.18. The van der Waals surface area contributed by atoms with Crippen molar-refractivity contribution in [3.8, 4) is 11.5 Å². The lowest BCUT2D eigenvalue weighted by atomic mass is 10.1. The molecule has 1 aromatic rings. The first-order chi connectivity index (χ1) is 8.72. The molecule has 1 unspecified atom stereocenters. The number of hydrogen-bond acceptors (Lipinski definition) is 4. The van der Waals surface area contributed by atoms with Crippen LogP contribution < -0.4 is 9.47 Å². The van der Waals surface area contributed by atoms with Gasteiger partial charge in [0.25, 0.3) is 0 Å². The van der Waals surface area contributed by atoms with Crippen LogP contribution in [-0.4, -0.2) is 43.4 Å². The van der Waals surface area contributed by atoms with Crippen LogP contribution >= 0.6 is 0 Å². The molecule has 0 spiro atoms. The molecule has 18 heavy (non-hydrogen) atoms. The molecule has 2 rings (SSSR count). The van der Waals surface area contributed by atoms with E-state index >= 15 is 0 Å². The fraction of sp³-hybridized carbons (Fsp3) is 0.571. The Kier molecular flexibility index (Phi) is 4.44. The maximum Gasteiger partial charge on any atom is 0.161 e. The van der Waals surface area contributed by atoms with Crippen molar-refractivity contribution in [2.24, 2.45) is 0 Å². The van der Waals surface area contributed by atoms with Gasteiger partial charge >= 0.3 is 0 Å². The summed E-state index contributed by atoms with van der Waals surface area (Å²) in [5, 5.41) is 9.65. The van der Waals surface area contributed by atoms with Crippen LogP contribution in [0, 0.1) is 0 Å². The lowest BCUT2D eigenvalue weighted by Crippen LogP contribution is -2.37. The van der Waals surface area contributed by atoms with Gasteiger partial charge in [0.2, 0.25) is 0 Å². The second kappa shape index (κ2) is 6.07. The maximum atomic E-state index is 9.65. The molecular formula is C14H21NO3. The number of likely N-dealkylation sites (tertiary alicyclic amines) is 1. The van der Waals surface area contributed by atoms with Gasteiger partial charge in [-0.25, -0.2) is 0 Å². The van der Waals surface area contributed by atoms with Gasteiger partial charge in [-0.1, -0.05) is 6.07 Å². The van der Waals surface area contributed by atoms with Crippen molar-refractivity contribution in [1.82, 2.24) is 4.90 Å². The Morgan fingerprint density at radius 3 is 2.72 bits per heavy atom. The second-order valence-corrected chi connectivity index (χ2v) is 4.72. The smallest absolute Gasteiger partial charge is 0.161 e. The van der Waals surface area contributed by atoms with Crippen LogP contribution in [0.25, 0.3) is 0 Å². The lowest BCUT2D eigenvalue weighted by Gasteiger charge is -2.30. The molecule has 0 aliphatic carbocycles. The predicted octanol–water partition coefficient (Wildman–Crippen LogP) is 1.66. The molecular weight excluding hydrogens is 230 g/mol. The van der Waals surface area contributed by atoms with Crippen molar-refractivity contribution in [3.05, 3.63) is 23.8 Å². The van der Waals surface area contributed by atoms with E-state index in [1.54, 1.807) is 14.2 Å². The number of methoxy groups -OCH3 is 2. The molecule has 1 aromatic carbocycles. The summed E-state index contributed by atoms with van der Waals surface area (Å²) in [4.78, 5) is 2.27. The molecule has 1 saturated heterocycles. The zero-order valence-electron chi connectivity index (χ0n) is 11.1. The highest BCUT2D eigenvalue weighted by Gasteiger charge is 2.18. The third-order valence-corrected chi connectivity index (χ3v) is 3.33.